The molecule has 26 heavy (non-hydrogen) atoms. The molecule has 0 aliphatic rings. The summed E-state index contributed by atoms with van der Waals surface area (Å²) in [5, 5.41) is 0. The van der Waals surface area contributed by atoms with E-state index in [1.807, 2.05) is 24.3 Å². The summed E-state index contributed by atoms with van der Waals surface area (Å²) in [5.74, 6) is -1.56. The van der Waals surface area contributed by atoms with E-state index in [1.54, 1.807) is 19.1 Å². The normalized spacial score (nSPS) is 10.9. The molecule has 0 saturated heterocycles. The Morgan fingerprint density at radius 2 is 1.38 bits per heavy atom. The molecule has 0 nitrogen and oxygen atoms in total. The van der Waals surface area contributed by atoms with Crippen LogP contribution in [0.3, 0.4) is 0 Å². The first kappa shape index (κ1) is 18.3. The molecule has 134 valence electrons. The van der Waals surface area contributed by atoms with Crippen LogP contribution in [0.4, 0.5) is 8.78 Å². The average Bonchev–Trinajstić information content (AvgIpc) is 2.67. The summed E-state index contributed by atoms with van der Waals surface area (Å²) in [7, 11) is 0. The highest BCUT2D eigenvalue weighted by atomic mass is 19.2. The summed E-state index contributed by atoms with van der Waals surface area (Å²) in [6, 6.07) is 19.3. The van der Waals surface area contributed by atoms with Gasteiger partial charge < -0.3 is 0 Å². The van der Waals surface area contributed by atoms with Crippen molar-refractivity contribution in [1.29, 1.82) is 0 Å². The molecule has 3 aromatic carbocycles. The summed E-state index contributed by atoms with van der Waals surface area (Å²) in [6.45, 7) is 3.78. The molecule has 2 heteroatoms. The predicted molar refractivity (Wildman–Crippen MR) is 105 cm³/mol. The molecule has 0 amide bonds. The van der Waals surface area contributed by atoms with Crippen molar-refractivity contribution in [2.75, 3.05) is 0 Å². The smallest absolute Gasteiger partial charge is 0.166 e. The van der Waals surface area contributed by atoms with Gasteiger partial charge in [0.1, 0.15) is 0 Å². The molecular formula is C24H24F2. The number of hydrogen-bond donors (Lipinski definition) is 0. The van der Waals surface area contributed by atoms with Crippen LogP contribution in [-0.2, 0) is 6.42 Å². The van der Waals surface area contributed by atoms with Crippen molar-refractivity contribution in [3.05, 3.63) is 83.4 Å². The summed E-state index contributed by atoms with van der Waals surface area (Å²) in [4.78, 5) is 0. The van der Waals surface area contributed by atoms with Crippen LogP contribution in [0.2, 0.25) is 0 Å². The molecule has 0 atom stereocenters. The summed E-state index contributed by atoms with van der Waals surface area (Å²) >= 11 is 0. The second-order valence-electron chi connectivity index (χ2n) is 6.76. The minimum atomic E-state index is -0.784. The molecule has 3 aromatic rings. The predicted octanol–water partition coefficient (Wildman–Crippen LogP) is 7.34. The zero-order chi connectivity index (χ0) is 18.5. The number of aryl methyl sites for hydroxylation is 2. The quantitative estimate of drug-likeness (QED) is 0.408. The van der Waals surface area contributed by atoms with Gasteiger partial charge in [-0.2, -0.15) is 0 Å². The lowest BCUT2D eigenvalue weighted by Gasteiger charge is -2.13. The van der Waals surface area contributed by atoms with E-state index in [4.69, 9.17) is 0 Å². The molecule has 0 radical (unpaired) electrons. The molecule has 0 bridgehead atoms. The van der Waals surface area contributed by atoms with Crippen molar-refractivity contribution in [1.82, 2.24) is 0 Å². The Bertz CT molecular complexity index is 879. The minimum absolute atomic E-state index is 0.302. The highest BCUT2D eigenvalue weighted by Crippen LogP contribution is 2.34. The number of rotatable bonds is 6. The molecule has 0 fully saturated rings. The molecule has 0 N–H and O–H groups in total. The maximum atomic E-state index is 14.5. The van der Waals surface area contributed by atoms with Gasteiger partial charge in [-0.1, -0.05) is 80.4 Å². The lowest BCUT2D eigenvalue weighted by Crippen LogP contribution is -1.95. The lowest BCUT2D eigenvalue weighted by atomic mass is 9.93. The van der Waals surface area contributed by atoms with E-state index < -0.39 is 11.6 Å². The van der Waals surface area contributed by atoms with Crippen LogP contribution in [0.25, 0.3) is 22.3 Å². The standard InChI is InChI=1S/C24H24F2/c1-3-4-5-8-18-12-14-19(15-13-18)20-9-6-7-10-21(20)22-16-11-17(2)23(25)24(22)26/h6-7,9-16H,3-5,8H2,1-2H3. The molecule has 0 unspecified atom stereocenters. The fourth-order valence-electron chi connectivity index (χ4n) is 3.25. The SMILES string of the molecule is CCCCCc1ccc(-c2ccccc2-c2ccc(C)c(F)c2F)cc1. The number of halogens is 2. The first-order valence-electron chi connectivity index (χ1n) is 9.25. The Labute approximate surface area is 154 Å². The molecule has 0 heterocycles. The van der Waals surface area contributed by atoms with Gasteiger partial charge in [0.25, 0.3) is 0 Å². The molecule has 0 aliphatic heterocycles. The van der Waals surface area contributed by atoms with Gasteiger partial charge in [0, 0.05) is 5.56 Å². The van der Waals surface area contributed by atoms with Crippen LogP contribution < -0.4 is 0 Å². The Hall–Kier alpha value is -2.48. The van der Waals surface area contributed by atoms with Crippen molar-refractivity contribution in [3.8, 4) is 22.3 Å². The van der Waals surface area contributed by atoms with E-state index in [9.17, 15) is 8.78 Å². The maximum Gasteiger partial charge on any atom is 0.166 e. The van der Waals surface area contributed by atoms with Gasteiger partial charge in [0.15, 0.2) is 11.6 Å². The van der Waals surface area contributed by atoms with E-state index in [0.717, 1.165) is 17.5 Å². The summed E-state index contributed by atoms with van der Waals surface area (Å²) < 4.78 is 28.5. The van der Waals surface area contributed by atoms with E-state index >= 15 is 0 Å². The van der Waals surface area contributed by atoms with Crippen LogP contribution in [0, 0.1) is 18.6 Å². The second kappa shape index (κ2) is 8.27. The van der Waals surface area contributed by atoms with Crippen LogP contribution in [-0.4, -0.2) is 0 Å². The van der Waals surface area contributed by atoms with Crippen LogP contribution in [0.5, 0.6) is 0 Å². The van der Waals surface area contributed by atoms with Crippen molar-refractivity contribution in [2.45, 2.75) is 39.5 Å². The van der Waals surface area contributed by atoms with E-state index in [0.29, 0.717) is 16.7 Å². The van der Waals surface area contributed by atoms with Gasteiger partial charge in [-0.15, -0.1) is 0 Å². The minimum Gasteiger partial charge on any atom is -0.203 e. The number of hydrogen-bond acceptors (Lipinski definition) is 0. The molecule has 0 aliphatic carbocycles. The van der Waals surface area contributed by atoms with E-state index in [-0.39, 0.29) is 0 Å². The van der Waals surface area contributed by atoms with E-state index in [2.05, 4.69) is 31.2 Å². The van der Waals surface area contributed by atoms with Crippen molar-refractivity contribution in [3.63, 3.8) is 0 Å². The summed E-state index contributed by atoms with van der Waals surface area (Å²) in [6.07, 6.45) is 4.72. The molecule has 3 rings (SSSR count). The van der Waals surface area contributed by atoms with E-state index in [1.165, 1.54) is 24.8 Å². The van der Waals surface area contributed by atoms with Gasteiger partial charge >= 0.3 is 0 Å². The highest BCUT2D eigenvalue weighted by Gasteiger charge is 2.15. The monoisotopic (exact) mass is 350 g/mol. The zero-order valence-electron chi connectivity index (χ0n) is 15.4. The van der Waals surface area contributed by atoms with Gasteiger partial charge in [-0.05, 0) is 47.6 Å². The van der Waals surface area contributed by atoms with Gasteiger partial charge in [-0.25, -0.2) is 8.78 Å². The largest absolute Gasteiger partial charge is 0.203 e. The first-order chi connectivity index (χ1) is 12.6. The Morgan fingerprint density at radius 1 is 0.692 bits per heavy atom. The highest BCUT2D eigenvalue weighted by molar-refractivity contribution is 5.83. The Kier molecular flexibility index (Phi) is 5.82. The Balaban J connectivity index is 1.97. The molecule has 0 spiro atoms. The van der Waals surface area contributed by atoms with Crippen LogP contribution in [0.15, 0.2) is 60.7 Å². The van der Waals surface area contributed by atoms with Gasteiger partial charge in [0.05, 0.1) is 0 Å². The van der Waals surface area contributed by atoms with Crippen LogP contribution in [0.1, 0.15) is 37.3 Å². The fraction of sp³-hybridized carbons (Fsp3) is 0.250. The molecule has 0 aromatic heterocycles. The van der Waals surface area contributed by atoms with Crippen molar-refractivity contribution in [2.24, 2.45) is 0 Å². The molecular weight excluding hydrogens is 326 g/mol. The molecule has 0 saturated carbocycles. The van der Waals surface area contributed by atoms with Crippen molar-refractivity contribution < 1.29 is 8.78 Å². The number of unbranched alkanes of at least 4 members (excludes halogenated alkanes) is 2. The number of benzene rings is 3. The third kappa shape index (κ3) is 3.85. The third-order valence-corrected chi connectivity index (χ3v) is 4.83. The summed E-state index contributed by atoms with van der Waals surface area (Å²) in [5.41, 5.74) is 4.57. The van der Waals surface area contributed by atoms with Crippen molar-refractivity contribution >= 4 is 0 Å². The fourth-order valence-corrected chi connectivity index (χ4v) is 3.25. The van der Waals surface area contributed by atoms with Gasteiger partial charge in [0.2, 0.25) is 0 Å². The average molecular weight is 350 g/mol. The Morgan fingerprint density at radius 3 is 2.08 bits per heavy atom. The topological polar surface area (TPSA) is 0 Å². The van der Waals surface area contributed by atoms with Crippen LogP contribution >= 0.6 is 0 Å². The van der Waals surface area contributed by atoms with Gasteiger partial charge in [-0.3, -0.25) is 0 Å². The maximum absolute atomic E-state index is 14.5. The lowest BCUT2D eigenvalue weighted by molar-refractivity contribution is 0.505. The first-order valence-corrected chi connectivity index (χ1v) is 9.25. The third-order valence-electron chi connectivity index (χ3n) is 4.83. The zero-order valence-corrected chi connectivity index (χ0v) is 15.4. The second-order valence-corrected chi connectivity index (χ2v) is 6.76.